The van der Waals surface area contributed by atoms with Gasteiger partial charge < -0.3 is 14.6 Å². The van der Waals surface area contributed by atoms with E-state index in [9.17, 15) is 0 Å². The number of halogens is 1. The Bertz CT molecular complexity index is 769. The van der Waals surface area contributed by atoms with Crippen molar-refractivity contribution in [1.82, 2.24) is 9.55 Å². The molecule has 0 aliphatic rings. The third-order valence-electron chi connectivity index (χ3n) is 3.81. The van der Waals surface area contributed by atoms with Crippen molar-refractivity contribution in [2.45, 2.75) is 13.1 Å². The van der Waals surface area contributed by atoms with Crippen LogP contribution >= 0.6 is 11.6 Å². The van der Waals surface area contributed by atoms with Crippen LogP contribution in [0.1, 0.15) is 5.56 Å². The highest BCUT2D eigenvalue weighted by Gasteiger charge is 2.11. The molecule has 3 aromatic rings. The molecule has 0 aliphatic carbocycles. The number of hydrogen-bond acceptors (Lipinski definition) is 3. The first-order valence-electron chi connectivity index (χ1n) is 7.86. The van der Waals surface area contributed by atoms with Crippen molar-refractivity contribution in [3.05, 3.63) is 71.4 Å². The summed E-state index contributed by atoms with van der Waals surface area (Å²) in [5.74, 6) is 0.834. The molecule has 0 saturated carbocycles. The lowest BCUT2D eigenvalue weighted by atomic mass is 10.2. The quantitative estimate of drug-likeness (QED) is 0.689. The van der Waals surface area contributed by atoms with Crippen LogP contribution in [0, 0.1) is 0 Å². The number of anilines is 1. The lowest BCUT2D eigenvalue weighted by Crippen LogP contribution is -2.11. The van der Waals surface area contributed by atoms with Gasteiger partial charge in [0.25, 0.3) is 0 Å². The summed E-state index contributed by atoms with van der Waals surface area (Å²) >= 11 is 5.93. The zero-order chi connectivity index (χ0) is 16.8. The van der Waals surface area contributed by atoms with Crippen LogP contribution in [0.5, 0.6) is 0 Å². The van der Waals surface area contributed by atoms with Crippen molar-refractivity contribution < 1.29 is 4.74 Å². The summed E-state index contributed by atoms with van der Waals surface area (Å²) in [6.45, 7) is 2.06. The Balaban J connectivity index is 1.81. The number of methoxy groups -OCH3 is 1. The Morgan fingerprint density at radius 2 is 1.83 bits per heavy atom. The van der Waals surface area contributed by atoms with Gasteiger partial charge in [0.05, 0.1) is 18.5 Å². The molecule has 1 N–H and O–H groups in total. The first kappa shape index (κ1) is 16.6. The molecule has 2 aromatic carbocycles. The molecule has 0 amide bonds. The molecule has 0 bridgehead atoms. The molecule has 24 heavy (non-hydrogen) atoms. The van der Waals surface area contributed by atoms with Gasteiger partial charge in [-0.1, -0.05) is 54.1 Å². The van der Waals surface area contributed by atoms with Crippen LogP contribution < -0.4 is 5.32 Å². The molecule has 3 rings (SSSR count). The maximum absolute atomic E-state index is 5.93. The predicted molar refractivity (Wildman–Crippen MR) is 98.3 cm³/mol. The van der Waals surface area contributed by atoms with Gasteiger partial charge in [0.15, 0.2) is 0 Å². The first-order chi connectivity index (χ1) is 11.8. The van der Waals surface area contributed by atoms with Crippen LogP contribution in [0.25, 0.3) is 11.3 Å². The molecule has 4 nitrogen and oxygen atoms in total. The van der Waals surface area contributed by atoms with Crippen LogP contribution in [0.15, 0.2) is 60.8 Å². The fraction of sp³-hybridized carbons (Fsp3) is 0.211. The second-order valence-corrected chi connectivity index (χ2v) is 5.89. The number of nitrogens with zero attached hydrogens (tertiary/aromatic N) is 2. The van der Waals surface area contributed by atoms with Gasteiger partial charge in [-0.15, -0.1) is 0 Å². The van der Waals surface area contributed by atoms with E-state index in [1.165, 1.54) is 0 Å². The number of imidazole rings is 1. The number of nitrogens with one attached hydrogen (secondary N) is 1. The summed E-state index contributed by atoms with van der Waals surface area (Å²) in [6, 6.07) is 18.1. The minimum absolute atomic E-state index is 0.631. The number of rotatable bonds is 7. The molecular weight excluding hydrogens is 322 g/mol. The third-order valence-corrected chi connectivity index (χ3v) is 4.06. The third kappa shape index (κ3) is 3.96. The van der Waals surface area contributed by atoms with E-state index in [-0.39, 0.29) is 0 Å². The summed E-state index contributed by atoms with van der Waals surface area (Å²) in [5.41, 5.74) is 3.37. The summed E-state index contributed by atoms with van der Waals surface area (Å²) in [5, 5.41) is 4.14. The van der Waals surface area contributed by atoms with E-state index >= 15 is 0 Å². The van der Waals surface area contributed by atoms with Gasteiger partial charge in [-0.25, -0.2) is 4.98 Å². The van der Waals surface area contributed by atoms with Gasteiger partial charge in [0.2, 0.25) is 5.95 Å². The summed E-state index contributed by atoms with van der Waals surface area (Å²) in [6.07, 6.45) is 1.90. The Hall–Kier alpha value is -2.30. The average molecular weight is 342 g/mol. The Kier molecular flexibility index (Phi) is 5.51. The molecule has 0 radical (unpaired) electrons. The lowest BCUT2D eigenvalue weighted by molar-refractivity contribution is 0.188. The number of ether oxygens (including phenoxy) is 1. The van der Waals surface area contributed by atoms with Gasteiger partial charge in [-0.3, -0.25) is 0 Å². The second kappa shape index (κ2) is 7.99. The molecule has 1 heterocycles. The Morgan fingerprint density at radius 1 is 1.08 bits per heavy atom. The van der Waals surface area contributed by atoms with Crippen molar-refractivity contribution >= 4 is 17.5 Å². The van der Waals surface area contributed by atoms with E-state index in [0.717, 1.165) is 34.3 Å². The van der Waals surface area contributed by atoms with Crippen molar-refractivity contribution in [3.8, 4) is 11.3 Å². The number of aromatic nitrogens is 2. The maximum atomic E-state index is 5.93. The van der Waals surface area contributed by atoms with Gasteiger partial charge in [-0.05, 0) is 23.3 Å². The topological polar surface area (TPSA) is 39.1 Å². The van der Waals surface area contributed by atoms with E-state index in [1.54, 1.807) is 7.11 Å². The van der Waals surface area contributed by atoms with E-state index in [0.29, 0.717) is 13.2 Å². The van der Waals surface area contributed by atoms with Gasteiger partial charge in [-0.2, -0.15) is 0 Å². The largest absolute Gasteiger partial charge is 0.383 e. The van der Waals surface area contributed by atoms with Gasteiger partial charge >= 0.3 is 0 Å². The van der Waals surface area contributed by atoms with Crippen molar-refractivity contribution in [1.29, 1.82) is 0 Å². The minimum Gasteiger partial charge on any atom is -0.383 e. The molecule has 1 aromatic heterocycles. The molecule has 0 unspecified atom stereocenters. The van der Waals surface area contributed by atoms with Crippen LogP contribution in [0.2, 0.25) is 5.02 Å². The smallest absolute Gasteiger partial charge is 0.203 e. The molecule has 5 heteroatoms. The highest BCUT2D eigenvalue weighted by atomic mass is 35.5. The molecule has 0 fully saturated rings. The van der Waals surface area contributed by atoms with Crippen LogP contribution in [-0.4, -0.2) is 23.3 Å². The van der Waals surface area contributed by atoms with Gasteiger partial charge in [0, 0.05) is 25.2 Å². The fourth-order valence-corrected chi connectivity index (χ4v) is 2.67. The standard InChI is InChI=1S/C19H20ClN3O/c1-24-12-11-23-18(16-5-3-2-4-6-16)14-22-19(23)21-13-15-7-9-17(20)10-8-15/h2-10,14H,11-13H2,1H3,(H,21,22). The van der Waals surface area contributed by atoms with Crippen LogP contribution in [0.3, 0.4) is 0 Å². The normalized spacial score (nSPS) is 10.8. The highest BCUT2D eigenvalue weighted by molar-refractivity contribution is 6.30. The zero-order valence-electron chi connectivity index (χ0n) is 13.6. The van der Waals surface area contributed by atoms with E-state index in [4.69, 9.17) is 16.3 Å². The monoisotopic (exact) mass is 341 g/mol. The molecule has 0 saturated heterocycles. The summed E-state index contributed by atoms with van der Waals surface area (Å²) in [7, 11) is 1.71. The van der Waals surface area contributed by atoms with Crippen LogP contribution in [-0.2, 0) is 17.8 Å². The SMILES string of the molecule is COCCn1c(-c2ccccc2)cnc1NCc1ccc(Cl)cc1. The lowest BCUT2D eigenvalue weighted by Gasteiger charge is -2.13. The molecule has 0 aliphatic heterocycles. The fourth-order valence-electron chi connectivity index (χ4n) is 2.55. The maximum Gasteiger partial charge on any atom is 0.203 e. The molecule has 124 valence electrons. The summed E-state index contributed by atoms with van der Waals surface area (Å²) in [4.78, 5) is 4.55. The predicted octanol–water partition coefficient (Wildman–Crippen LogP) is 4.46. The van der Waals surface area contributed by atoms with Gasteiger partial charge in [0.1, 0.15) is 0 Å². The number of hydrogen-bond donors (Lipinski definition) is 1. The van der Waals surface area contributed by atoms with E-state index < -0.39 is 0 Å². The number of benzene rings is 2. The highest BCUT2D eigenvalue weighted by Crippen LogP contribution is 2.23. The minimum atomic E-state index is 0.631. The molecule has 0 spiro atoms. The Morgan fingerprint density at radius 3 is 2.54 bits per heavy atom. The molecule has 0 atom stereocenters. The first-order valence-corrected chi connectivity index (χ1v) is 8.24. The second-order valence-electron chi connectivity index (χ2n) is 5.46. The zero-order valence-corrected chi connectivity index (χ0v) is 14.3. The van der Waals surface area contributed by atoms with Crippen molar-refractivity contribution in [2.75, 3.05) is 19.0 Å². The Labute approximate surface area is 147 Å². The van der Waals surface area contributed by atoms with Crippen molar-refractivity contribution in [2.24, 2.45) is 0 Å². The molecular formula is C19H20ClN3O. The average Bonchev–Trinajstić information content (AvgIpc) is 3.03. The van der Waals surface area contributed by atoms with Crippen molar-refractivity contribution in [3.63, 3.8) is 0 Å². The summed E-state index contributed by atoms with van der Waals surface area (Å²) < 4.78 is 7.39. The van der Waals surface area contributed by atoms with Crippen LogP contribution in [0.4, 0.5) is 5.95 Å². The van der Waals surface area contributed by atoms with E-state index in [2.05, 4.69) is 27.0 Å². The van der Waals surface area contributed by atoms with E-state index in [1.807, 2.05) is 48.7 Å².